The molecule has 26 heavy (non-hydrogen) atoms. The molecule has 0 aliphatic carbocycles. The van der Waals surface area contributed by atoms with Gasteiger partial charge in [-0.3, -0.25) is 4.40 Å². The third-order valence-corrected chi connectivity index (χ3v) is 4.75. The Morgan fingerprint density at radius 2 is 1.81 bits per heavy atom. The molecule has 6 heteroatoms. The monoisotopic (exact) mass is 342 g/mol. The van der Waals surface area contributed by atoms with Crippen LogP contribution in [0.4, 0.5) is 0 Å². The molecule has 0 aliphatic rings. The maximum absolute atomic E-state index is 4.58. The minimum Gasteiger partial charge on any atom is -0.340 e. The summed E-state index contributed by atoms with van der Waals surface area (Å²) in [7, 11) is 1.99. The Morgan fingerprint density at radius 1 is 0.962 bits per heavy atom. The van der Waals surface area contributed by atoms with Crippen LogP contribution in [-0.2, 0) is 13.6 Å². The van der Waals surface area contributed by atoms with Gasteiger partial charge in [0.25, 0.3) is 0 Å². The Morgan fingerprint density at radius 3 is 2.58 bits per heavy atom. The third-order valence-electron chi connectivity index (χ3n) is 4.75. The van der Waals surface area contributed by atoms with Crippen LogP contribution < -0.4 is 0 Å². The number of hydrogen-bond donors (Lipinski definition) is 0. The van der Waals surface area contributed by atoms with Crippen LogP contribution in [0.25, 0.3) is 28.1 Å². The van der Waals surface area contributed by atoms with E-state index >= 15 is 0 Å². The first-order chi connectivity index (χ1) is 12.7. The first-order valence-electron chi connectivity index (χ1n) is 8.57. The Bertz CT molecular complexity index is 1230. The Kier molecular flexibility index (Phi) is 3.18. The molecule has 0 saturated heterocycles. The lowest BCUT2D eigenvalue weighted by Gasteiger charge is -2.10. The minimum atomic E-state index is 0.781. The van der Waals surface area contributed by atoms with Crippen molar-refractivity contribution in [2.24, 2.45) is 7.05 Å². The second-order valence-electron chi connectivity index (χ2n) is 6.57. The molecule has 0 radical (unpaired) electrons. The molecular weight excluding hydrogens is 324 g/mol. The van der Waals surface area contributed by atoms with Crippen LogP contribution in [0.1, 0.15) is 11.4 Å². The van der Waals surface area contributed by atoms with Crippen molar-refractivity contribution < 1.29 is 0 Å². The van der Waals surface area contributed by atoms with Gasteiger partial charge >= 0.3 is 0 Å². The van der Waals surface area contributed by atoms with Crippen LogP contribution in [-0.4, -0.2) is 28.7 Å². The highest BCUT2D eigenvalue weighted by molar-refractivity contribution is 5.86. The van der Waals surface area contributed by atoms with Gasteiger partial charge in [0.2, 0.25) is 0 Å². The molecule has 5 rings (SSSR count). The van der Waals surface area contributed by atoms with Crippen molar-refractivity contribution in [2.75, 3.05) is 0 Å². The van der Waals surface area contributed by atoms with Gasteiger partial charge in [0.15, 0.2) is 5.65 Å². The number of aromatic nitrogens is 6. The van der Waals surface area contributed by atoms with E-state index in [1.165, 1.54) is 5.56 Å². The number of rotatable bonds is 3. The number of nitrogens with zero attached hydrogens (tertiary/aromatic N) is 6. The van der Waals surface area contributed by atoms with Crippen LogP contribution >= 0.6 is 0 Å². The smallest absolute Gasteiger partial charge is 0.161 e. The SMILES string of the molecule is Cc1nnc2ccc3c(cc(-c4cn(C)cn4)n3Cc3ccccc3)n12. The maximum Gasteiger partial charge on any atom is 0.161 e. The normalized spacial score (nSPS) is 11.6. The molecule has 1 aromatic carbocycles. The van der Waals surface area contributed by atoms with Crippen molar-refractivity contribution in [1.82, 2.24) is 28.7 Å². The van der Waals surface area contributed by atoms with E-state index in [1.54, 1.807) is 0 Å². The molecule has 0 fully saturated rings. The van der Waals surface area contributed by atoms with Crippen LogP contribution in [0.2, 0.25) is 0 Å². The number of hydrogen-bond acceptors (Lipinski definition) is 3. The molecule has 0 spiro atoms. The van der Waals surface area contributed by atoms with E-state index in [9.17, 15) is 0 Å². The van der Waals surface area contributed by atoms with E-state index in [-0.39, 0.29) is 0 Å². The van der Waals surface area contributed by atoms with Crippen molar-refractivity contribution in [1.29, 1.82) is 0 Å². The van der Waals surface area contributed by atoms with E-state index < -0.39 is 0 Å². The van der Waals surface area contributed by atoms with Gasteiger partial charge in [-0.2, -0.15) is 0 Å². The average Bonchev–Trinajstić information content (AvgIpc) is 3.34. The first kappa shape index (κ1) is 14.9. The van der Waals surface area contributed by atoms with Gasteiger partial charge < -0.3 is 9.13 Å². The highest BCUT2D eigenvalue weighted by Crippen LogP contribution is 2.29. The number of aryl methyl sites for hydroxylation is 2. The highest BCUT2D eigenvalue weighted by atomic mass is 15.2. The van der Waals surface area contributed by atoms with Crippen LogP contribution in [0.15, 0.2) is 61.1 Å². The van der Waals surface area contributed by atoms with Gasteiger partial charge in [0, 0.05) is 19.8 Å². The van der Waals surface area contributed by atoms with E-state index in [1.807, 2.05) is 43.2 Å². The van der Waals surface area contributed by atoms with Gasteiger partial charge in [-0.05, 0) is 30.7 Å². The van der Waals surface area contributed by atoms with Gasteiger partial charge in [-0.1, -0.05) is 30.3 Å². The predicted octanol–water partition coefficient (Wildman–Crippen LogP) is 3.44. The molecule has 0 amide bonds. The minimum absolute atomic E-state index is 0.781. The molecule has 4 heterocycles. The second kappa shape index (κ2) is 5.56. The van der Waals surface area contributed by atoms with Gasteiger partial charge in [0.1, 0.15) is 11.5 Å². The summed E-state index contributed by atoms with van der Waals surface area (Å²) < 4.78 is 6.38. The van der Waals surface area contributed by atoms with Crippen molar-refractivity contribution in [3.8, 4) is 11.4 Å². The summed E-state index contributed by atoms with van der Waals surface area (Å²) >= 11 is 0. The molecular formula is C20H18N6. The summed E-state index contributed by atoms with van der Waals surface area (Å²) in [6, 6.07) is 16.8. The van der Waals surface area contributed by atoms with Crippen molar-refractivity contribution >= 4 is 16.7 Å². The Balaban J connectivity index is 1.81. The third kappa shape index (κ3) is 2.23. The zero-order valence-corrected chi connectivity index (χ0v) is 14.7. The summed E-state index contributed by atoms with van der Waals surface area (Å²) in [5.41, 5.74) is 6.40. The fraction of sp³-hybridized carbons (Fsp3) is 0.150. The van der Waals surface area contributed by atoms with Crippen LogP contribution in [0.3, 0.4) is 0 Å². The second-order valence-corrected chi connectivity index (χ2v) is 6.57. The van der Waals surface area contributed by atoms with Crippen LogP contribution in [0.5, 0.6) is 0 Å². The lowest BCUT2D eigenvalue weighted by Crippen LogP contribution is -2.02. The van der Waals surface area contributed by atoms with E-state index in [2.05, 4.69) is 60.5 Å². The molecule has 0 N–H and O–H groups in total. The molecule has 128 valence electrons. The summed E-state index contributed by atoms with van der Waals surface area (Å²) in [4.78, 5) is 4.58. The van der Waals surface area contributed by atoms with Crippen molar-refractivity contribution in [2.45, 2.75) is 13.5 Å². The number of fused-ring (bicyclic) bond motifs is 3. The highest BCUT2D eigenvalue weighted by Gasteiger charge is 2.16. The van der Waals surface area contributed by atoms with E-state index in [0.29, 0.717) is 0 Å². The maximum atomic E-state index is 4.58. The molecule has 6 nitrogen and oxygen atoms in total. The standard InChI is InChI=1S/C20H18N6/c1-14-22-23-20-9-8-17-19(26(14)20)10-18(16-12-24(2)13-21-16)25(17)11-15-6-4-3-5-7-15/h3-10,12-13H,11H2,1-2H3. The summed E-state index contributed by atoms with van der Waals surface area (Å²) in [6.45, 7) is 2.76. The summed E-state index contributed by atoms with van der Waals surface area (Å²) in [5, 5.41) is 8.48. The number of pyridine rings is 1. The fourth-order valence-electron chi connectivity index (χ4n) is 3.54. The summed E-state index contributed by atoms with van der Waals surface area (Å²) in [6.07, 6.45) is 3.88. The quantitative estimate of drug-likeness (QED) is 0.505. The lowest BCUT2D eigenvalue weighted by atomic mass is 10.2. The molecule has 0 bridgehead atoms. The summed E-state index contributed by atoms with van der Waals surface area (Å²) in [5.74, 6) is 0.884. The van der Waals surface area contributed by atoms with E-state index in [0.717, 1.165) is 40.4 Å². The van der Waals surface area contributed by atoms with Gasteiger partial charge in [-0.15, -0.1) is 10.2 Å². The van der Waals surface area contributed by atoms with Crippen molar-refractivity contribution in [3.63, 3.8) is 0 Å². The van der Waals surface area contributed by atoms with E-state index in [4.69, 9.17) is 0 Å². The number of benzene rings is 1. The molecule has 0 unspecified atom stereocenters. The fourth-order valence-corrected chi connectivity index (χ4v) is 3.54. The first-order valence-corrected chi connectivity index (χ1v) is 8.57. The molecule has 0 atom stereocenters. The molecule has 4 aromatic heterocycles. The topological polar surface area (TPSA) is 52.9 Å². The Labute approximate surface area is 150 Å². The Hall–Kier alpha value is -3.41. The van der Waals surface area contributed by atoms with Crippen molar-refractivity contribution in [3.05, 3.63) is 72.4 Å². The number of imidazole rings is 1. The zero-order chi connectivity index (χ0) is 17.7. The lowest BCUT2D eigenvalue weighted by molar-refractivity contribution is 0.841. The molecule has 5 aromatic rings. The van der Waals surface area contributed by atoms with Gasteiger partial charge in [-0.25, -0.2) is 4.98 Å². The molecule has 0 aliphatic heterocycles. The average molecular weight is 342 g/mol. The molecule has 0 saturated carbocycles. The van der Waals surface area contributed by atoms with Crippen LogP contribution in [0, 0.1) is 6.92 Å². The zero-order valence-electron chi connectivity index (χ0n) is 14.7. The predicted molar refractivity (Wildman–Crippen MR) is 101 cm³/mol. The van der Waals surface area contributed by atoms with Gasteiger partial charge in [0.05, 0.1) is 23.1 Å². The largest absolute Gasteiger partial charge is 0.340 e.